The fourth-order valence-corrected chi connectivity index (χ4v) is 1.68. The highest BCUT2D eigenvalue weighted by atomic mass is 16.5. The van der Waals surface area contributed by atoms with E-state index in [0.29, 0.717) is 6.54 Å². The molecule has 0 fully saturated rings. The Labute approximate surface area is 108 Å². The summed E-state index contributed by atoms with van der Waals surface area (Å²) >= 11 is 0. The zero-order chi connectivity index (χ0) is 13.8. The Morgan fingerprint density at radius 1 is 1.39 bits per heavy atom. The fraction of sp³-hybridized carbons (Fsp3) is 0.462. The van der Waals surface area contributed by atoms with Crippen molar-refractivity contribution in [2.75, 3.05) is 7.11 Å². The highest BCUT2D eigenvalue weighted by molar-refractivity contribution is 5.73. The number of benzene rings is 1. The van der Waals surface area contributed by atoms with Gasteiger partial charge in [0, 0.05) is 6.54 Å². The summed E-state index contributed by atoms with van der Waals surface area (Å²) in [7, 11) is 1.66. The molecule has 0 aliphatic rings. The van der Waals surface area contributed by atoms with Crippen LogP contribution < -0.4 is 21.3 Å². The summed E-state index contributed by atoms with van der Waals surface area (Å²) in [5, 5.41) is 2.65. The molecule has 18 heavy (non-hydrogen) atoms. The summed E-state index contributed by atoms with van der Waals surface area (Å²) < 4.78 is 5.35. The topological polar surface area (TPSA) is 76.4 Å². The summed E-state index contributed by atoms with van der Waals surface area (Å²) in [5.41, 5.74) is 4.12. The van der Waals surface area contributed by atoms with E-state index in [-0.39, 0.29) is 5.41 Å². The first-order valence-corrected chi connectivity index (χ1v) is 5.80. The number of hydrazine groups is 1. The molecule has 0 bridgehead atoms. The summed E-state index contributed by atoms with van der Waals surface area (Å²) in [4.78, 5) is 11.0. The van der Waals surface area contributed by atoms with Crippen molar-refractivity contribution in [2.45, 2.75) is 32.7 Å². The van der Waals surface area contributed by atoms with Gasteiger partial charge in [-0.05, 0) is 28.7 Å². The van der Waals surface area contributed by atoms with Gasteiger partial charge in [-0.25, -0.2) is 10.6 Å². The van der Waals surface area contributed by atoms with Crippen LogP contribution in [0.5, 0.6) is 5.75 Å². The van der Waals surface area contributed by atoms with Crippen molar-refractivity contribution in [3.8, 4) is 5.75 Å². The molecule has 0 saturated heterocycles. The molecule has 0 aliphatic heterocycles. The van der Waals surface area contributed by atoms with Crippen LogP contribution in [-0.2, 0) is 12.0 Å². The molecule has 4 N–H and O–H groups in total. The van der Waals surface area contributed by atoms with Gasteiger partial charge in [0.25, 0.3) is 0 Å². The Morgan fingerprint density at radius 2 is 2.06 bits per heavy atom. The molecule has 0 unspecified atom stereocenters. The van der Waals surface area contributed by atoms with Gasteiger partial charge in [-0.3, -0.25) is 5.43 Å². The van der Waals surface area contributed by atoms with E-state index in [1.165, 1.54) is 0 Å². The summed E-state index contributed by atoms with van der Waals surface area (Å²) in [5.74, 6) is 5.85. The smallest absolute Gasteiger partial charge is 0.329 e. The second-order valence-corrected chi connectivity index (χ2v) is 5.11. The maximum Gasteiger partial charge on any atom is 0.329 e. The van der Waals surface area contributed by atoms with E-state index in [1.54, 1.807) is 7.11 Å². The monoisotopic (exact) mass is 251 g/mol. The van der Waals surface area contributed by atoms with Gasteiger partial charge >= 0.3 is 6.03 Å². The molecule has 1 aromatic rings. The molecule has 1 aromatic carbocycles. The van der Waals surface area contributed by atoms with Crippen molar-refractivity contribution in [3.63, 3.8) is 0 Å². The first-order valence-electron chi connectivity index (χ1n) is 5.80. The predicted molar refractivity (Wildman–Crippen MR) is 71.3 cm³/mol. The number of nitrogens with two attached hydrogens (primary N) is 1. The lowest BCUT2D eigenvalue weighted by atomic mass is 9.85. The van der Waals surface area contributed by atoms with Crippen molar-refractivity contribution < 1.29 is 9.53 Å². The Balaban J connectivity index is 2.93. The van der Waals surface area contributed by atoms with Crippen LogP contribution in [0.15, 0.2) is 18.2 Å². The molecule has 0 aliphatic carbocycles. The molecule has 100 valence electrons. The summed E-state index contributed by atoms with van der Waals surface area (Å²) in [6, 6.07) is 5.47. The van der Waals surface area contributed by atoms with Gasteiger partial charge in [0.15, 0.2) is 0 Å². The van der Waals surface area contributed by atoms with Crippen LogP contribution in [-0.4, -0.2) is 13.1 Å². The third-order valence-corrected chi connectivity index (χ3v) is 2.66. The average molecular weight is 251 g/mol. The molecule has 0 heterocycles. The number of nitrogens with one attached hydrogen (secondary N) is 2. The van der Waals surface area contributed by atoms with Crippen LogP contribution in [0.1, 0.15) is 31.9 Å². The molecule has 5 nitrogen and oxygen atoms in total. The van der Waals surface area contributed by atoms with E-state index >= 15 is 0 Å². The van der Waals surface area contributed by atoms with Gasteiger partial charge in [-0.15, -0.1) is 0 Å². The van der Waals surface area contributed by atoms with Crippen molar-refractivity contribution in [2.24, 2.45) is 5.84 Å². The fourth-order valence-electron chi connectivity index (χ4n) is 1.68. The summed E-state index contributed by atoms with van der Waals surface area (Å²) in [6.45, 7) is 6.79. The lowest BCUT2D eigenvalue weighted by Crippen LogP contribution is -2.39. The number of ether oxygens (including phenoxy) is 1. The first kappa shape index (κ1) is 14.3. The molecule has 1 rings (SSSR count). The first-order chi connectivity index (χ1) is 8.38. The van der Waals surface area contributed by atoms with Crippen LogP contribution in [0.4, 0.5) is 4.79 Å². The van der Waals surface area contributed by atoms with Crippen LogP contribution >= 0.6 is 0 Å². The van der Waals surface area contributed by atoms with Gasteiger partial charge in [0.05, 0.1) is 7.11 Å². The van der Waals surface area contributed by atoms with Crippen LogP contribution in [0.2, 0.25) is 0 Å². The molecule has 2 amide bonds. The average Bonchev–Trinajstić information content (AvgIpc) is 2.34. The normalized spacial score (nSPS) is 10.9. The third kappa shape index (κ3) is 3.63. The largest absolute Gasteiger partial charge is 0.496 e. The SMILES string of the molecule is COc1ccc(CNC(=O)NN)cc1C(C)(C)C. The van der Waals surface area contributed by atoms with Gasteiger partial charge in [0.1, 0.15) is 5.75 Å². The zero-order valence-corrected chi connectivity index (χ0v) is 11.3. The van der Waals surface area contributed by atoms with Gasteiger partial charge < -0.3 is 10.1 Å². The molecule has 0 spiro atoms. The van der Waals surface area contributed by atoms with E-state index in [2.05, 4.69) is 26.1 Å². The quantitative estimate of drug-likeness (QED) is 0.434. The Kier molecular flexibility index (Phi) is 4.55. The van der Waals surface area contributed by atoms with E-state index in [4.69, 9.17) is 10.6 Å². The van der Waals surface area contributed by atoms with Crippen molar-refractivity contribution in [3.05, 3.63) is 29.3 Å². The van der Waals surface area contributed by atoms with Gasteiger partial charge in [-0.2, -0.15) is 0 Å². The predicted octanol–water partition coefficient (Wildman–Crippen LogP) is 1.67. The number of urea groups is 1. The maximum atomic E-state index is 11.0. The molecular formula is C13H21N3O2. The molecular weight excluding hydrogens is 230 g/mol. The second kappa shape index (κ2) is 5.73. The van der Waals surface area contributed by atoms with Crippen LogP contribution in [0.3, 0.4) is 0 Å². The number of rotatable bonds is 3. The van der Waals surface area contributed by atoms with Crippen LogP contribution in [0.25, 0.3) is 0 Å². The lowest BCUT2D eigenvalue weighted by molar-refractivity contribution is 0.241. The standard InChI is InChI=1S/C13H21N3O2/c1-13(2,3)10-7-9(5-6-11(10)18-4)8-15-12(17)16-14/h5-7H,8,14H2,1-4H3,(H2,15,16,17). The van der Waals surface area contributed by atoms with E-state index in [9.17, 15) is 4.79 Å². The minimum absolute atomic E-state index is 0.0164. The highest BCUT2D eigenvalue weighted by Gasteiger charge is 2.19. The van der Waals surface area contributed by atoms with Crippen LogP contribution in [0, 0.1) is 0 Å². The summed E-state index contributed by atoms with van der Waals surface area (Å²) in [6.07, 6.45) is 0. The molecule has 0 saturated carbocycles. The number of methoxy groups -OCH3 is 1. The third-order valence-electron chi connectivity index (χ3n) is 2.66. The number of hydrogen-bond donors (Lipinski definition) is 3. The van der Waals surface area contributed by atoms with E-state index in [0.717, 1.165) is 16.9 Å². The molecule has 0 aromatic heterocycles. The van der Waals surface area contributed by atoms with E-state index < -0.39 is 6.03 Å². The highest BCUT2D eigenvalue weighted by Crippen LogP contribution is 2.31. The number of hydrogen-bond acceptors (Lipinski definition) is 3. The van der Waals surface area contributed by atoms with Gasteiger partial charge in [0.2, 0.25) is 0 Å². The van der Waals surface area contributed by atoms with Crippen molar-refractivity contribution in [1.82, 2.24) is 10.7 Å². The number of carbonyl (C=O) groups excluding carboxylic acids is 1. The van der Waals surface area contributed by atoms with Gasteiger partial charge in [-0.1, -0.05) is 26.8 Å². The molecule has 0 atom stereocenters. The molecule has 0 radical (unpaired) electrons. The Bertz CT molecular complexity index is 425. The Hall–Kier alpha value is -1.75. The number of carbonyl (C=O) groups is 1. The Morgan fingerprint density at radius 3 is 2.56 bits per heavy atom. The molecule has 5 heteroatoms. The van der Waals surface area contributed by atoms with Crippen molar-refractivity contribution >= 4 is 6.03 Å². The lowest BCUT2D eigenvalue weighted by Gasteiger charge is -2.23. The van der Waals surface area contributed by atoms with E-state index in [1.807, 2.05) is 23.6 Å². The maximum absolute atomic E-state index is 11.0. The number of amides is 2. The minimum Gasteiger partial charge on any atom is -0.496 e. The van der Waals surface area contributed by atoms with Crippen molar-refractivity contribution in [1.29, 1.82) is 0 Å². The zero-order valence-electron chi connectivity index (χ0n) is 11.3. The second-order valence-electron chi connectivity index (χ2n) is 5.11. The minimum atomic E-state index is -0.400.